The molecule has 0 unspecified atom stereocenters. The van der Waals surface area contributed by atoms with Gasteiger partial charge in [0.1, 0.15) is 0 Å². The molecule has 1 aliphatic carbocycles. The maximum absolute atomic E-state index is 12.9. The molecule has 0 radical (unpaired) electrons. The molecule has 1 aromatic carbocycles. The van der Waals surface area contributed by atoms with Crippen molar-refractivity contribution in [2.75, 3.05) is 5.32 Å². The molecule has 2 heterocycles. The molecule has 0 aromatic heterocycles. The fourth-order valence-electron chi connectivity index (χ4n) is 4.39. The highest BCUT2D eigenvalue weighted by Gasteiger charge is 2.42. The lowest BCUT2D eigenvalue weighted by Gasteiger charge is -2.48. The average Bonchev–Trinajstić information content (AvgIpc) is 3.41. The summed E-state index contributed by atoms with van der Waals surface area (Å²) < 4.78 is 0. The highest BCUT2D eigenvalue weighted by molar-refractivity contribution is 5.90. The lowest BCUT2D eigenvalue weighted by atomic mass is 9.82. The van der Waals surface area contributed by atoms with Crippen LogP contribution in [0.4, 0.5) is 10.5 Å². The van der Waals surface area contributed by atoms with Crippen molar-refractivity contribution < 1.29 is 9.59 Å². The van der Waals surface area contributed by atoms with Gasteiger partial charge in [0, 0.05) is 29.7 Å². The van der Waals surface area contributed by atoms with Crippen LogP contribution < -0.4 is 10.6 Å². The molecule has 1 saturated carbocycles. The van der Waals surface area contributed by atoms with Crippen molar-refractivity contribution in [2.45, 2.75) is 70.0 Å². The normalized spacial score (nSPS) is 28.4. The molecule has 3 fully saturated rings. The van der Waals surface area contributed by atoms with Gasteiger partial charge in [0.2, 0.25) is 5.91 Å². The summed E-state index contributed by atoms with van der Waals surface area (Å²) in [5, 5.41) is 6.32. The number of benzene rings is 1. The molecule has 3 amide bonds. The van der Waals surface area contributed by atoms with E-state index in [9.17, 15) is 9.59 Å². The molecule has 4 rings (SSSR count). The second kappa shape index (κ2) is 6.70. The highest BCUT2D eigenvalue weighted by Crippen LogP contribution is 2.36. The quantitative estimate of drug-likeness (QED) is 0.885. The molecule has 3 aliphatic rings. The van der Waals surface area contributed by atoms with Gasteiger partial charge in [-0.25, -0.2) is 4.79 Å². The molecule has 134 valence electrons. The topological polar surface area (TPSA) is 61.4 Å². The molecule has 2 saturated heterocycles. The Morgan fingerprint density at radius 2 is 1.72 bits per heavy atom. The van der Waals surface area contributed by atoms with Gasteiger partial charge >= 0.3 is 6.03 Å². The van der Waals surface area contributed by atoms with E-state index in [1.165, 1.54) is 6.42 Å². The lowest BCUT2D eigenvalue weighted by Crippen LogP contribution is -2.59. The number of hydrogen-bond acceptors (Lipinski definition) is 2. The zero-order valence-electron chi connectivity index (χ0n) is 14.8. The number of aryl methyl sites for hydroxylation is 1. The standard InChI is InChI=1S/C20H27N3O2/c1-13-5-2-3-8-18(13)22-20(25)23-16-6-4-7-17(23)12-15(11-16)21-19(24)14-9-10-14/h2-3,5,8,14-17H,4,6-7,9-12H2,1H3,(H,21,24)(H,22,25)/t16-,17-/m0/s1. The first-order chi connectivity index (χ1) is 12.1. The van der Waals surface area contributed by atoms with Crippen molar-refractivity contribution in [1.82, 2.24) is 10.2 Å². The number of fused-ring (bicyclic) bond motifs is 2. The van der Waals surface area contributed by atoms with E-state index in [4.69, 9.17) is 0 Å². The van der Waals surface area contributed by atoms with E-state index >= 15 is 0 Å². The summed E-state index contributed by atoms with van der Waals surface area (Å²) in [7, 11) is 0. The number of hydrogen-bond donors (Lipinski definition) is 2. The summed E-state index contributed by atoms with van der Waals surface area (Å²) >= 11 is 0. The van der Waals surface area contributed by atoms with Crippen molar-refractivity contribution in [3.8, 4) is 0 Å². The summed E-state index contributed by atoms with van der Waals surface area (Å²) in [5.41, 5.74) is 1.96. The van der Waals surface area contributed by atoms with Crippen LogP contribution in [-0.4, -0.2) is 35.0 Å². The smallest absolute Gasteiger partial charge is 0.322 e. The summed E-state index contributed by atoms with van der Waals surface area (Å²) in [5.74, 6) is 0.475. The maximum atomic E-state index is 12.9. The number of anilines is 1. The number of carbonyl (C=O) groups is 2. The van der Waals surface area contributed by atoms with E-state index in [0.717, 1.165) is 49.8 Å². The zero-order valence-corrected chi connectivity index (χ0v) is 14.8. The maximum Gasteiger partial charge on any atom is 0.322 e. The van der Waals surface area contributed by atoms with Crippen molar-refractivity contribution in [3.63, 3.8) is 0 Å². The van der Waals surface area contributed by atoms with Crippen molar-refractivity contribution in [1.29, 1.82) is 0 Å². The molecule has 1 aromatic rings. The van der Waals surface area contributed by atoms with E-state index in [1.807, 2.05) is 31.2 Å². The molecule has 0 spiro atoms. The van der Waals surface area contributed by atoms with Gasteiger partial charge in [0.25, 0.3) is 0 Å². The highest BCUT2D eigenvalue weighted by atomic mass is 16.2. The first-order valence-corrected chi connectivity index (χ1v) is 9.57. The molecule has 25 heavy (non-hydrogen) atoms. The Kier molecular flexibility index (Phi) is 4.40. The van der Waals surface area contributed by atoms with Gasteiger partial charge < -0.3 is 15.5 Å². The minimum Gasteiger partial charge on any atom is -0.353 e. The number of para-hydroxylation sites is 1. The Morgan fingerprint density at radius 1 is 1.04 bits per heavy atom. The fraction of sp³-hybridized carbons (Fsp3) is 0.600. The molecule has 2 bridgehead atoms. The van der Waals surface area contributed by atoms with Gasteiger partial charge in [-0.1, -0.05) is 18.2 Å². The molecular formula is C20H27N3O2. The Balaban J connectivity index is 1.43. The van der Waals surface area contributed by atoms with Crippen LogP contribution in [0.15, 0.2) is 24.3 Å². The molecule has 2 aliphatic heterocycles. The first-order valence-electron chi connectivity index (χ1n) is 9.57. The van der Waals surface area contributed by atoms with Gasteiger partial charge in [-0.3, -0.25) is 4.79 Å². The van der Waals surface area contributed by atoms with Crippen LogP contribution in [-0.2, 0) is 4.79 Å². The van der Waals surface area contributed by atoms with Crippen LogP contribution in [0.5, 0.6) is 0 Å². The number of urea groups is 1. The Bertz CT molecular complexity index is 657. The molecule has 2 N–H and O–H groups in total. The second-order valence-electron chi connectivity index (χ2n) is 7.84. The van der Waals surface area contributed by atoms with Gasteiger partial charge in [-0.2, -0.15) is 0 Å². The summed E-state index contributed by atoms with van der Waals surface area (Å²) in [6.07, 6.45) is 7.09. The minimum absolute atomic E-state index is 0.0102. The third kappa shape index (κ3) is 3.51. The van der Waals surface area contributed by atoms with E-state index < -0.39 is 0 Å². The summed E-state index contributed by atoms with van der Waals surface area (Å²) in [6.45, 7) is 2.01. The van der Waals surface area contributed by atoms with Crippen LogP contribution in [0.2, 0.25) is 0 Å². The first kappa shape index (κ1) is 16.4. The lowest BCUT2D eigenvalue weighted by molar-refractivity contribution is -0.123. The summed E-state index contributed by atoms with van der Waals surface area (Å²) in [6, 6.07) is 8.60. The minimum atomic E-state index is 0.0102. The Morgan fingerprint density at radius 3 is 2.36 bits per heavy atom. The Labute approximate surface area is 149 Å². The van der Waals surface area contributed by atoms with Gasteiger partial charge in [-0.05, 0) is 63.5 Å². The summed E-state index contributed by atoms with van der Waals surface area (Å²) in [4.78, 5) is 27.0. The van der Waals surface area contributed by atoms with Crippen LogP contribution in [0.3, 0.4) is 0 Å². The predicted octanol–water partition coefficient (Wildman–Crippen LogP) is 3.44. The van der Waals surface area contributed by atoms with E-state index in [1.54, 1.807) is 0 Å². The van der Waals surface area contributed by atoms with Crippen LogP contribution in [0.1, 0.15) is 50.5 Å². The average molecular weight is 341 g/mol. The Hall–Kier alpha value is -2.04. The zero-order chi connectivity index (χ0) is 17.4. The third-order valence-corrected chi connectivity index (χ3v) is 5.89. The number of nitrogens with zero attached hydrogens (tertiary/aromatic N) is 1. The van der Waals surface area contributed by atoms with Gasteiger partial charge in [0.05, 0.1) is 0 Å². The SMILES string of the molecule is Cc1ccccc1NC(=O)N1[C@H]2CCC[C@H]1CC(NC(=O)C1CC1)C2. The van der Waals surface area contributed by atoms with Crippen LogP contribution in [0.25, 0.3) is 0 Å². The largest absolute Gasteiger partial charge is 0.353 e. The predicted molar refractivity (Wildman–Crippen MR) is 97.4 cm³/mol. The van der Waals surface area contributed by atoms with Gasteiger partial charge in [-0.15, -0.1) is 0 Å². The van der Waals surface area contributed by atoms with E-state index in [-0.39, 0.29) is 36.0 Å². The number of rotatable bonds is 3. The van der Waals surface area contributed by atoms with Crippen molar-refractivity contribution >= 4 is 17.6 Å². The molecule has 5 heteroatoms. The third-order valence-electron chi connectivity index (χ3n) is 5.89. The monoisotopic (exact) mass is 341 g/mol. The number of amides is 3. The fourth-order valence-corrected chi connectivity index (χ4v) is 4.39. The number of carbonyl (C=O) groups excluding carboxylic acids is 2. The van der Waals surface area contributed by atoms with Crippen LogP contribution in [0, 0.1) is 12.8 Å². The second-order valence-corrected chi connectivity index (χ2v) is 7.84. The number of piperidine rings is 2. The van der Waals surface area contributed by atoms with Gasteiger partial charge in [0.15, 0.2) is 0 Å². The van der Waals surface area contributed by atoms with E-state index in [2.05, 4.69) is 15.5 Å². The van der Waals surface area contributed by atoms with Crippen molar-refractivity contribution in [3.05, 3.63) is 29.8 Å². The number of nitrogens with one attached hydrogen (secondary N) is 2. The molecular weight excluding hydrogens is 314 g/mol. The van der Waals surface area contributed by atoms with Crippen LogP contribution >= 0.6 is 0 Å². The molecule has 2 atom stereocenters. The van der Waals surface area contributed by atoms with E-state index in [0.29, 0.717) is 0 Å². The van der Waals surface area contributed by atoms with Crippen molar-refractivity contribution in [2.24, 2.45) is 5.92 Å². The molecule has 5 nitrogen and oxygen atoms in total.